The van der Waals surface area contributed by atoms with Crippen molar-refractivity contribution in [1.82, 2.24) is 10.1 Å². The van der Waals surface area contributed by atoms with Crippen LogP contribution in [0.15, 0.2) is 51.7 Å². The van der Waals surface area contributed by atoms with Crippen molar-refractivity contribution in [1.29, 1.82) is 0 Å². The van der Waals surface area contributed by atoms with Crippen molar-refractivity contribution >= 4 is 23.2 Å². The van der Waals surface area contributed by atoms with E-state index in [9.17, 15) is 4.79 Å². The smallest absolute Gasteiger partial charge is 0.291 e. The van der Waals surface area contributed by atoms with E-state index in [0.717, 1.165) is 0 Å². The molecule has 3 aromatic rings. The summed E-state index contributed by atoms with van der Waals surface area (Å²) < 4.78 is 9.96. The molecule has 3 rings (SSSR count). The normalized spacial score (nSPS) is 10.3. The van der Waals surface area contributed by atoms with Crippen molar-refractivity contribution in [3.8, 4) is 0 Å². The van der Waals surface area contributed by atoms with E-state index in [1.807, 2.05) is 0 Å². The summed E-state index contributed by atoms with van der Waals surface area (Å²) >= 11 is 0. The topological polar surface area (TPSA) is 93.2 Å². The molecule has 1 amide bonds. The number of furan rings is 1. The molecule has 0 saturated carbocycles. The average molecular weight is 284 g/mol. The van der Waals surface area contributed by atoms with E-state index >= 15 is 0 Å². The van der Waals surface area contributed by atoms with Crippen molar-refractivity contribution in [3.63, 3.8) is 0 Å². The van der Waals surface area contributed by atoms with Crippen LogP contribution in [0.3, 0.4) is 0 Å². The van der Waals surface area contributed by atoms with Gasteiger partial charge in [0.05, 0.1) is 18.1 Å². The van der Waals surface area contributed by atoms with Gasteiger partial charge in [0.15, 0.2) is 11.6 Å². The molecule has 7 heteroatoms. The minimum Gasteiger partial charge on any atom is -0.459 e. The van der Waals surface area contributed by atoms with Gasteiger partial charge in [-0.2, -0.15) is 0 Å². The summed E-state index contributed by atoms with van der Waals surface area (Å²) in [7, 11) is 0. The summed E-state index contributed by atoms with van der Waals surface area (Å²) in [4.78, 5) is 16.0. The molecule has 0 fully saturated rings. The molecule has 0 aliphatic rings. The van der Waals surface area contributed by atoms with Gasteiger partial charge in [0.1, 0.15) is 11.6 Å². The van der Waals surface area contributed by atoms with E-state index in [-0.39, 0.29) is 11.7 Å². The third kappa shape index (κ3) is 3.08. The number of pyridine rings is 1. The van der Waals surface area contributed by atoms with Crippen LogP contribution in [0.25, 0.3) is 0 Å². The number of anilines is 3. The Morgan fingerprint density at radius 3 is 2.76 bits per heavy atom. The lowest BCUT2D eigenvalue weighted by atomic mass is 10.3. The van der Waals surface area contributed by atoms with Crippen LogP contribution in [-0.2, 0) is 0 Å². The van der Waals surface area contributed by atoms with Crippen molar-refractivity contribution in [2.24, 2.45) is 0 Å². The molecule has 0 bridgehead atoms. The molecule has 7 nitrogen and oxygen atoms in total. The first-order chi connectivity index (χ1) is 10.2. The van der Waals surface area contributed by atoms with Crippen LogP contribution in [0.1, 0.15) is 16.3 Å². The lowest BCUT2D eigenvalue weighted by Crippen LogP contribution is -2.11. The van der Waals surface area contributed by atoms with Gasteiger partial charge in [-0.3, -0.25) is 4.79 Å². The molecule has 0 aliphatic carbocycles. The maximum absolute atomic E-state index is 11.8. The van der Waals surface area contributed by atoms with E-state index < -0.39 is 0 Å². The highest BCUT2D eigenvalue weighted by molar-refractivity contribution is 6.02. The number of rotatable bonds is 4. The van der Waals surface area contributed by atoms with Gasteiger partial charge < -0.3 is 19.6 Å². The van der Waals surface area contributed by atoms with Crippen LogP contribution < -0.4 is 10.6 Å². The summed E-state index contributed by atoms with van der Waals surface area (Å²) in [5, 5.41) is 9.48. The number of nitrogens with one attached hydrogen (secondary N) is 2. The predicted octanol–water partition coefficient (Wildman–Crippen LogP) is 2.97. The van der Waals surface area contributed by atoms with Crippen molar-refractivity contribution < 1.29 is 13.7 Å². The molecular formula is C14H12N4O3. The molecule has 3 heterocycles. The van der Waals surface area contributed by atoms with Gasteiger partial charge in [-0.25, -0.2) is 4.98 Å². The molecule has 3 aromatic heterocycles. The summed E-state index contributed by atoms with van der Waals surface area (Å²) in [6, 6.07) is 8.45. The first-order valence-corrected chi connectivity index (χ1v) is 6.22. The fourth-order valence-corrected chi connectivity index (χ4v) is 1.70. The highest BCUT2D eigenvalue weighted by Gasteiger charge is 2.09. The van der Waals surface area contributed by atoms with Crippen molar-refractivity contribution in [2.75, 3.05) is 10.6 Å². The fraction of sp³-hybridized carbons (Fsp3) is 0.0714. The molecule has 0 unspecified atom stereocenters. The first kappa shape index (κ1) is 12.9. The van der Waals surface area contributed by atoms with Crippen LogP contribution >= 0.6 is 0 Å². The fourth-order valence-electron chi connectivity index (χ4n) is 1.70. The quantitative estimate of drug-likeness (QED) is 0.765. The lowest BCUT2D eigenvalue weighted by molar-refractivity contribution is 0.0996. The molecule has 21 heavy (non-hydrogen) atoms. The number of aryl methyl sites for hydroxylation is 1. The van der Waals surface area contributed by atoms with Crippen LogP contribution in [0.5, 0.6) is 0 Å². The molecule has 0 saturated heterocycles. The number of hydrogen-bond donors (Lipinski definition) is 2. The van der Waals surface area contributed by atoms with Gasteiger partial charge in [-0.1, -0.05) is 5.16 Å². The first-order valence-electron chi connectivity index (χ1n) is 6.22. The van der Waals surface area contributed by atoms with E-state index in [1.54, 1.807) is 37.3 Å². The highest BCUT2D eigenvalue weighted by atomic mass is 16.5. The highest BCUT2D eigenvalue weighted by Crippen LogP contribution is 2.16. The molecule has 106 valence electrons. The zero-order valence-electron chi connectivity index (χ0n) is 11.2. The lowest BCUT2D eigenvalue weighted by Gasteiger charge is -2.04. The Kier molecular flexibility index (Phi) is 3.38. The monoisotopic (exact) mass is 284 g/mol. The van der Waals surface area contributed by atoms with E-state index in [1.165, 1.54) is 12.5 Å². The summed E-state index contributed by atoms with van der Waals surface area (Å²) in [5.74, 6) is 1.80. The van der Waals surface area contributed by atoms with Crippen LogP contribution in [-0.4, -0.2) is 16.0 Å². The van der Waals surface area contributed by atoms with Crippen molar-refractivity contribution in [3.05, 3.63) is 54.3 Å². The minimum atomic E-state index is -0.324. The Balaban J connectivity index is 1.65. The Hall–Kier alpha value is -3.09. The molecule has 0 atom stereocenters. The van der Waals surface area contributed by atoms with Gasteiger partial charge in [0.2, 0.25) is 0 Å². The Morgan fingerprint density at radius 1 is 1.24 bits per heavy atom. The maximum atomic E-state index is 11.8. The Labute approximate surface area is 120 Å². The zero-order valence-corrected chi connectivity index (χ0v) is 11.2. The average Bonchev–Trinajstić information content (AvgIpc) is 3.13. The predicted molar refractivity (Wildman–Crippen MR) is 75.4 cm³/mol. The maximum Gasteiger partial charge on any atom is 0.291 e. The van der Waals surface area contributed by atoms with Crippen LogP contribution in [0, 0.1) is 6.92 Å². The van der Waals surface area contributed by atoms with E-state index in [0.29, 0.717) is 23.1 Å². The second kappa shape index (κ2) is 5.49. The number of amides is 1. The summed E-state index contributed by atoms with van der Waals surface area (Å²) in [5.41, 5.74) is 0.568. The van der Waals surface area contributed by atoms with Gasteiger partial charge in [-0.05, 0) is 31.2 Å². The standard InChI is InChI=1S/C14H12N4O3/c1-9-7-13(18-21-9)17-12-5-4-10(8-15-12)16-14(19)11-3-2-6-20-11/h2-8H,1H3,(H,16,19)(H,15,17,18). The molecule has 0 aromatic carbocycles. The van der Waals surface area contributed by atoms with Gasteiger partial charge in [0.25, 0.3) is 5.91 Å². The Bertz CT molecular complexity index is 732. The molecule has 0 radical (unpaired) electrons. The summed E-state index contributed by atoms with van der Waals surface area (Å²) in [6.45, 7) is 1.80. The van der Waals surface area contributed by atoms with Gasteiger partial charge in [-0.15, -0.1) is 0 Å². The number of nitrogens with zero attached hydrogens (tertiary/aromatic N) is 2. The number of carbonyl (C=O) groups excluding carboxylic acids is 1. The number of aromatic nitrogens is 2. The third-order valence-electron chi connectivity index (χ3n) is 2.65. The van der Waals surface area contributed by atoms with Crippen LogP contribution in [0.4, 0.5) is 17.3 Å². The SMILES string of the molecule is Cc1cc(Nc2ccc(NC(=O)c3ccco3)cn2)no1. The molecule has 0 aliphatic heterocycles. The minimum absolute atomic E-state index is 0.246. The van der Waals surface area contributed by atoms with Gasteiger partial charge in [0, 0.05) is 6.07 Å². The third-order valence-corrected chi connectivity index (χ3v) is 2.65. The van der Waals surface area contributed by atoms with E-state index in [4.69, 9.17) is 8.94 Å². The zero-order chi connectivity index (χ0) is 14.7. The molecule has 0 spiro atoms. The second-order valence-corrected chi connectivity index (χ2v) is 4.31. The number of carbonyl (C=O) groups is 1. The van der Waals surface area contributed by atoms with Crippen molar-refractivity contribution in [2.45, 2.75) is 6.92 Å². The largest absolute Gasteiger partial charge is 0.459 e. The number of hydrogen-bond acceptors (Lipinski definition) is 6. The van der Waals surface area contributed by atoms with E-state index in [2.05, 4.69) is 20.8 Å². The summed E-state index contributed by atoms with van der Waals surface area (Å²) in [6.07, 6.45) is 2.98. The Morgan fingerprint density at radius 2 is 2.14 bits per heavy atom. The molecule has 2 N–H and O–H groups in total. The van der Waals surface area contributed by atoms with Crippen LogP contribution in [0.2, 0.25) is 0 Å². The second-order valence-electron chi connectivity index (χ2n) is 4.31. The molecular weight excluding hydrogens is 272 g/mol. The van der Waals surface area contributed by atoms with Gasteiger partial charge >= 0.3 is 0 Å².